The zero-order valence-electron chi connectivity index (χ0n) is 18.1. The van der Waals surface area contributed by atoms with Crippen LogP contribution in [-0.4, -0.2) is 42.6 Å². The minimum absolute atomic E-state index is 0.0187. The standard InChI is InChI=1S/C24H29NO5/c1-15-10-16(2)12-17(11-15)22-19-14-25(9-7-5-6-8-21(26)27)24(28)18(19)13-20(29-3)23(22)30-4/h10-13H,5-9,14H2,1-4H3,(H,26,27). The number of hydrogen-bond donors (Lipinski definition) is 1. The predicted molar refractivity (Wildman–Crippen MR) is 115 cm³/mol. The molecule has 6 heteroatoms. The third kappa shape index (κ3) is 4.42. The van der Waals surface area contributed by atoms with Gasteiger partial charge in [-0.25, -0.2) is 0 Å². The summed E-state index contributed by atoms with van der Waals surface area (Å²) in [6.45, 7) is 5.22. The number of aryl methyl sites for hydroxylation is 2. The second-order valence-corrected chi connectivity index (χ2v) is 7.82. The molecule has 0 fully saturated rings. The van der Waals surface area contributed by atoms with E-state index in [4.69, 9.17) is 14.6 Å². The number of carboxylic acids is 1. The molecule has 0 saturated heterocycles. The number of hydrogen-bond acceptors (Lipinski definition) is 4. The van der Waals surface area contributed by atoms with Gasteiger partial charge in [0, 0.05) is 30.6 Å². The number of fused-ring (bicyclic) bond motifs is 1. The van der Waals surface area contributed by atoms with Crippen LogP contribution >= 0.6 is 0 Å². The number of aliphatic carboxylic acids is 1. The Morgan fingerprint density at radius 1 is 1.03 bits per heavy atom. The molecule has 1 heterocycles. The van der Waals surface area contributed by atoms with E-state index >= 15 is 0 Å². The molecule has 0 radical (unpaired) electrons. The van der Waals surface area contributed by atoms with Crippen molar-refractivity contribution in [1.82, 2.24) is 4.90 Å². The first-order valence-electron chi connectivity index (χ1n) is 10.2. The van der Waals surface area contributed by atoms with E-state index in [1.807, 2.05) is 4.90 Å². The summed E-state index contributed by atoms with van der Waals surface area (Å²) in [4.78, 5) is 25.6. The van der Waals surface area contributed by atoms with E-state index < -0.39 is 5.97 Å². The van der Waals surface area contributed by atoms with Gasteiger partial charge in [0.25, 0.3) is 5.91 Å². The summed E-state index contributed by atoms with van der Waals surface area (Å²) in [5.74, 6) is 0.381. The van der Waals surface area contributed by atoms with Crippen LogP contribution in [-0.2, 0) is 11.3 Å². The van der Waals surface area contributed by atoms with Gasteiger partial charge in [0.15, 0.2) is 11.5 Å². The molecule has 0 unspecified atom stereocenters. The molecular formula is C24H29NO5. The maximum Gasteiger partial charge on any atom is 0.303 e. The van der Waals surface area contributed by atoms with Crippen molar-refractivity contribution >= 4 is 11.9 Å². The van der Waals surface area contributed by atoms with Crippen LogP contribution in [0.5, 0.6) is 11.5 Å². The van der Waals surface area contributed by atoms with E-state index in [-0.39, 0.29) is 12.3 Å². The molecule has 1 amide bonds. The van der Waals surface area contributed by atoms with E-state index in [0.717, 1.165) is 40.7 Å². The van der Waals surface area contributed by atoms with Crippen LogP contribution in [0.2, 0.25) is 0 Å². The fraction of sp³-hybridized carbons (Fsp3) is 0.417. The van der Waals surface area contributed by atoms with Crippen LogP contribution in [0.15, 0.2) is 24.3 Å². The molecule has 0 spiro atoms. The number of benzene rings is 2. The van der Waals surface area contributed by atoms with Crippen molar-refractivity contribution in [3.8, 4) is 22.6 Å². The fourth-order valence-corrected chi connectivity index (χ4v) is 4.18. The van der Waals surface area contributed by atoms with E-state index in [1.54, 1.807) is 20.3 Å². The minimum Gasteiger partial charge on any atom is -0.493 e. The van der Waals surface area contributed by atoms with Gasteiger partial charge < -0.3 is 19.5 Å². The lowest BCUT2D eigenvalue weighted by Gasteiger charge is -2.18. The van der Waals surface area contributed by atoms with Crippen LogP contribution in [0.25, 0.3) is 11.1 Å². The van der Waals surface area contributed by atoms with Crippen molar-refractivity contribution in [2.45, 2.75) is 46.1 Å². The maximum absolute atomic E-state index is 13.1. The van der Waals surface area contributed by atoms with Gasteiger partial charge in [-0.15, -0.1) is 0 Å². The first-order chi connectivity index (χ1) is 14.3. The van der Waals surface area contributed by atoms with Gasteiger partial charge in [-0.05, 0) is 43.9 Å². The Kier molecular flexibility index (Phi) is 6.65. The van der Waals surface area contributed by atoms with Crippen LogP contribution in [0, 0.1) is 13.8 Å². The zero-order valence-corrected chi connectivity index (χ0v) is 18.1. The van der Waals surface area contributed by atoms with Gasteiger partial charge in [0.1, 0.15) is 0 Å². The SMILES string of the molecule is COc1cc2c(c(-c3cc(C)cc(C)c3)c1OC)CN(CCCCCC(=O)O)C2=O. The Labute approximate surface area is 177 Å². The second kappa shape index (κ2) is 9.20. The van der Waals surface area contributed by atoms with E-state index in [9.17, 15) is 9.59 Å². The Hall–Kier alpha value is -3.02. The molecule has 0 saturated carbocycles. The molecule has 0 atom stereocenters. The lowest BCUT2D eigenvalue weighted by Crippen LogP contribution is -2.25. The number of carbonyl (C=O) groups is 2. The number of carbonyl (C=O) groups excluding carboxylic acids is 1. The van der Waals surface area contributed by atoms with Crippen molar-refractivity contribution in [1.29, 1.82) is 0 Å². The Balaban J connectivity index is 1.95. The summed E-state index contributed by atoms with van der Waals surface area (Å²) < 4.78 is 11.3. The topological polar surface area (TPSA) is 76.1 Å². The van der Waals surface area contributed by atoms with E-state index in [1.165, 1.54) is 0 Å². The van der Waals surface area contributed by atoms with Crippen LogP contribution in [0.1, 0.15) is 52.7 Å². The average molecular weight is 411 g/mol. The molecule has 30 heavy (non-hydrogen) atoms. The lowest BCUT2D eigenvalue weighted by molar-refractivity contribution is -0.137. The molecule has 0 aliphatic carbocycles. The monoisotopic (exact) mass is 411 g/mol. The third-order valence-corrected chi connectivity index (χ3v) is 5.47. The van der Waals surface area contributed by atoms with Crippen LogP contribution in [0.4, 0.5) is 0 Å². The molecule has 1 aliphatic heterocycles. The Morgan fingerprint density at radius 3 is 2.33 bits per heavy atom. The van der Waals surface area contributed by atoms with Crippen molar-refractivity contribution in [2.24, 2.45) is 0 Å². The Morgan fingerprint density at radius 2 is 1.73 bits per heavy atom. The van der Waals surface area contributed by atoms with Crippen molar-refractivity contribution in [3.05, 3.63) is 46.5 Å². The van der Waals surface area contributed by atoms with Gasteiger partial charge in [0.05, 0.1) is 14.2 Å². The highest BCUT2D eigenvalue weighted by Crippen LogP contribution is 2.45. The smallest absolute Gasteiger partial charge is 0.303 e. The summed E-state index contributed by atoms with van der Waals surface area (Å²) in [6.07, 6.45) is 2.35. The molecule has 1 aliphatic rings. The summed E-state index contributed by atoms with van der Waals surface area (Å²) >= 11 is 0. The molecule has 0 bridgehead atoms. The number of ether oxygens (including phenoxy) is 2. The highest BCUT2D eigenvalue weighted by Gasteiger charge is 2.33. The highest BCUT2D eigenvalue weighted by molar-refractivity contribution is 6.02. The molecule has 2 aromatic carbocycles. The third-order valence-electron chi connectivity index (χ3n) is 5.47. The fourth-order valence-electron chi connectivity index (χ4n) is 4.18. The molecule has 160 valence electrons. The number of unbranched alkanes of at least 4 members (excludes halogenated alkanes) is 2. The molecule has 0 aromatic heterocycles. The summed E-state index contributed by atoms with van der Waals surface area (Å²) in [7, 11) is 3.20. The van der Waals surface area contributed by atoms with Gasteiger partial charge in [0.2, 0.25) is 0 Å². The van der Waals surface area contributed by atoms with Gasteiger partial charge in [-0.3, -0.25) is 9.59 Å². The molecular weight excluding hydrogens is 382 g/mol. The van der Waals surface area contributed by atoms with Crippen molar-refractivity contribution in [3.63, 3.8) is 0 Å². The summed E-state index contributed by atoms with van der Waals surface area (Å²) in [5.41, 5.74) is 5.79. The number of nitrogens with zero attached hydrogens (tertiary/aromatic N) is 1. The summed E-state index contributed by atoms with van der Waals surface area (Å²) in [6, 6.07) is 8.09. The average Bonchev–Trinajstić information content (AvgIpc) is 3.00. The van der Waals surface area contributed by atoms with Crippen molar-refractivity contribution < 1.29 is 24.2 Å². The molecule has 1 N–H and O–H groups in total. The molecule has 2 aromatic rings. The van der Waals surface area contributed by atoms with Crippen LogP contribution < -0.4 is 9.47 Å². The van der Waals surface area contributed by atoms with Gasteiger partial charge >= 0.3 is 5.97 Å². The summed E-state index contributed by atoms with van der Waals surface area (Å²) in [5, 5.41) is 8.77. The predicted octanol–water partition coefficient (Wildman–Crippen LogP) is 4.59. The number of carboxylic acid groups (broad SMARTS) is 1. The largest absolute Gasteiger partial charge is 0.493 e. The van der Waals surface area contributed by atoms with Gasteiger partial charge in [-0.2, -0.15) is 0 Å². The zero-order chi connectivity index (χ0) is 21.8. The lowest BCUT2D eigenvalue weighted by atomic mass is 9.93. The number of methoxy groups -OCH3 is 2. The maximum atomic E-state index is 13.1. The van der Waals surface area contributed by atoms with Crippen LogP contribution in [0.3, 0.4) is 0 Å². The normalized spacial score (nSPS) is 12.8. The van der Waals surface area contributed by atoms with Gasteiger partial charge in [-0.1, -0.05) is 35.7 Å². The number of rotatable bonds is 9. The molecule has 3 rings (SSSR count). The quantitative estimate of drug-likeness (QED) is 0.611. The van der Waals surface area contributed by atoms with E-state index in [0.29, 0.717) is 36.6 Å². The second-order valence-electron chi connectivity index (χ2n) is 7.82. The first-order valence-corrected chi connectivity index (χ1v) is 10.2. The van der Waals surface area contributed by atoms with Crippen molar-refractivity contribution in [2.75, 3.05) is 20.8 Å². The highest BCUT2D eigenvalue weighted by atomic mass is 16.5. The number of amides is 1. The molecule has 6 nitrogen and oxygen atoms in total. The van der Waals surface area contributed by atoms with E-state index in [2.05, 4.69) is 32.0 Å². The Bertz CT molecular complexity index is 946. The minimum atomic E-state index is -0.781. The first kappa shape index (κ1) is 21.7.